The smallest absolute Gasteiger partial charge is 0.338 e. The number of carbonyl (C=O) groups is 2. The molecule has 0 saturated heterocycles. The van der Waals surface area contributed by atoms with Crippen molar-refractivity contribution in [2.75, 3.05) is 11.9 Å². The van der Waals surface area contributed by atoms with Gasteiger partial charge in [0, 0.05) is 5.69 Å². The Morgan fingerprint density at radius 3 is 2.38 bits per heavy atom. The van der Waals surface area contributed by atoms with Crippen molar-refractivity contribution in [3.63, 3.8) is 0 Å². The molecule has 0 radical (unpaired) electrons. The predicted octanol–water partition coefficient (Wildman–Crippen LogP) is 1.27. The van der Waals surface area contributed by atoms with E-state index in [-0.39, 0.29) is 10.5 Å². The van der Waals surface area contributed by atoms with Gasteiger partial charge in [-0.2, -0.15) is 0 Å². The molecule has 24 heavy (non-hydrogen) atoms. The number of nitrogens with two attached hydrogens (primary N) is 1. The summed E-state index contributed by atoms with van der Waals surface area (Å²) in [6.45, 7) is -0.577. The topological polar surface area (TPSA) is 116 Å². The molecule has 0 bridgehead atoms. The maximum Gasteiger partial charge on any atom is 0.338 e. The Morgan fingerprint density at radius 1 is 1.12 bits per heavy atom. The molecule has 9 heteroatoms. The van der Waals surface area contributed by atoms with Gasteiger partial charge in [-0.25, -0.2) is 22.7 Å². The number of halogens is 1. The zero-order chi connectivity index (χ0) is 17.7. The van der Waals surface area contributed by atoms with Gasteiger partial charge in [0.15, 0.2) is 6.61 Å². The fourth-order valence-corrected chi connectivity index (χ4v) is 2.27. The van der Waals surface area contributed by atoms with Crippen LogP contribution in [-0.4, -0.2) is 26.9 Å². The number of esters is 1. The molecule has 2 aromatic carbocycles. The standard InChI is InChI=1S/C15H13FN2O5S/c16-11-3-1-2-10(8-11)15(20)23-9-14(19)18-12-4-6-13(7-5-12)24(17,21)22/h1-8H,9H2,(H,18,19)(H2,17,21,22). The van der Waals surface area contributed by atoms with Crippen molar-refractivity contribution in [1.29, 1.82) is 0 Å². The van der Waals surface area contributed by atoms with Crippen LogP contribution in [0.1, 0.15) is 10.4 Å². The molecule has 0 aliphatic rings. The predicted molar refractivity (Wildman–Crippen MR) is 83.1 cm³/mol. The van der Waals surface area contributed by atoms with Gasteiger partial charge in [-0.15, -0.1) is 0 Å². The van der Waals surface area contributed by atoms with Crippen LogP contribution in [0.5, 0.6) is 0 Å². The highest BCUT2D eigenvalue weighted by molar-refractivity contribution is 7.89. The SMILES string of the molecule is NS(=O)(=O)c1ccc(NC(=O)COC(=O)c2cccc(F)c2)cc1. The molecule has 7 nitrogen and oxygen atoms in total. The van der Waals surface area contributed by atoms with Crippen LogP contribution in [0, 0.1) is 5.82 Å². The van der Waals surface area contributed by atoms with Gasteiger partial charge < -0.3 is 10.1 Å². The van der Waals surface area contributed by atoms with Crippen molar-refractivity contribution in [2.45, 2.75) is 4.90 Å². The van der Waals surface area contributed by atoms with Gasteiger partial charge in [0.05, 0.1) is 10.5 Å². The minimum atomic E-state index is -3.82. The van der Waals surface area contributed by atoms with Gasteiger partial charge in [0.1, 0.15) is 5.82 Å². The number of amides is 1. The summed E-state index contributed by atoms with van der Waals surface area (Å²) in [5.74, 6) is -2.07. The highest BCUT2D eigenvalue weighted by Gasteiger charge is 2.12. The number of anilines is 1. The average Bonchev–Trinajstić information content (AvgIpc) is 2.52. The third-order valence-electron chi connectivity index (χ3n) is 2.86. The second kappa shape index (κ2) is 7.20. The maximum atomic E-state index is 13.0. The third-order valence-corrected chi connectivity index (χ3v) is 3.79. The van der Waals surface area contributed by atoms with E-state index in [2.05, 4.69) is 5.32 Å². The van der Waals surface area contributed by atoms with Crippen LogP contribution < -0.4 is 10.5 Å². The summed E-state index contributed by atoms with van der Waals surface area (Å²) in [5.41, 5.74) is 0.287. The van der Waals surface area contributed by atoms with E-state index in [4.69, 9.17) is 9.88 Å². The molecule has 0 saturated carbocycles. The van der Waals surface area contributed by atoms with Gasteiger partial charge in [-0.3, -0.25) is 4.79 Å². The van der Waals surface area contributed by atoms with E-state index in [1.807, 2.05) is 0 Å². The second-order valence-corrected chi connectivity index (χ2v) is 6.27. The van der Waals surface area contributed by atoms with Crippen LogP contribution in [0.4, 0.5) is 10.1 Å². The maximum absolute atomic E-state index is 13.0. The number of ether oxygens (including phenoxy) is 1. The molecule has 2 rings (SSSR count). The summed E-state index contributed by atoms with van der Waals surface area (Å²) in [4.78, 5) is 23.3. The number of hydrogen-bond donors (Lipinski definition) is 2. The van der Waals surface area contributed by atoms with Crippen molar-refractivity contribution in [3.05, 3.63) is 59.9 Å². The number of sulfonamides is 1. The van der Waals surface area contributed by atoms with E-state index in [9.17, 15) is 22.4 Å². The molecular weight excluding hydrogens is 339 g/mol. The Labute approximate surface area is 137 Å². The van der Waals surface area contributed by atoms with Crippen molar-refractivity contribution in [2.24, 2.45) is 5.14 Å². The van der Waals surface area contributed by atoms with Crippen LogP contribution in [0.2, 0.25) is 0 Å². The number of nitrogens with one attached hydrogen (secondary N) is 1. The molecule has 0 aromatic heterocycles. The van der Waals surface area contributed by atoms with E-state index in [1.54, 1.807) is 0 Å². The van der Waals surface area contributed by atoms with Crippen molar-refractivity contribution in [1.82, 2.24) is 0 Å². The van der Waals surface area contributed by atoms with Crippen molar-refractivity contribution in [3.8, 4) is 0 Å². The van der Waals surface area contributed by atoms with Gasteiger partial charge >= 0.3 is 5.97 Å². The Balaban J connectivity index is 1.90. The molecule has 0 atom stereocenters. The van der Waals surface area contributed by atoms with Crippen LogP contribution >= 0.6 is 0 Å². The highest BCUT2D eigenvalue weighted by atomic mass is 32.2. The highest BCUT2D eigenvalue weighted by Crippen LogP contribution is 2.12. The van der Waals surface area contributed by atoms with E-state index in [0.717, 1.165) is 6.07 Å². The zero-order valence-electron chi connectivity index (χ0n) is 12.2. The fourth-order valence-electron chi connectivity index (χ4n) is 1.75. The largest absolute Gasteiger partial charge is 0.452 e. The lowest BCUT2D eigenvalue weighted by atomic mass is 10.2. The molecule has 0 spiro atoms. The Hall–Kier alpha value is -2.78. The number of carbonyl (C=O) groups excluding carboxylic acids is 2. The van der Waals surface area contributed by atoms with E-state index in [0.29, 0.717) is 5.69 Å². The summed E-state index contributed by atoms with van der Waals surface area (Å²) in [5, 5.41) is 7.37. The first-order valence-corrected chi connectivity index (χ1v) is 8.16. The molecular formula is C15H13FN2O5S. The van der Waals surface area contributed by atoms with Gasteiger partial charge in [-0.05, 0) is 42.5 Å². The minimum absolute atomic E-state index is 0.0136. The van der Waals surface area contributed by atoms with Crippen LogP contribution in [-0.2, 0) is 19.6 Å². The number of hydrogen-bond acceptors (Lipinski definition) is 5. The summed E-state index contributed by atoms with van der Waals surface area (Å²) in [6.07, 6.45) is 0. The Kier molecular flexibility index (Phi) is 5.27. The first-order valence-electron chi connectivity index (χ1n) is 6.61. The van der Waals surface area contributed by atoms with Gasteiger partial charge in [-0.1, -0.05) is 6.07 Å². The molecule has 126 valence electrons. The molecule has 0 fully saturated rings. The molecule has 3 N–H and O–H groups in total. The summed E-state index contributed by atoms with van der Waals surface area (Å²) >= 11 is 0. The second-order valence-electron chi connectivity index (χ2n) is 4.70. The molecule has 1 amide bonds. The van der Waals surface area contributed by atoms with Crippen molar-refractivity contribution >= 4 is 27.6 Å². The van der Waals surface area contributed by atoms with E-state index < -0.39 is 34.3 Å². The molecule has 2 aromatic rings. The van der Waals surface area contributed by atoms with Gasteiger partial charge in [0.25, 0.3) is 5.91 Å². The Bertz CT molecular complexity index is 866. The lowest BCUT2D eigenvalue weighted by Gasteiger charge is -2.07. The number of benzene rings is 2. The molecule has 0 unspecified atom stereocenters. The van der Waals surface area contributed by atoms with Crippen LogP contribution in [0.25, 0.3) is 0 Å². The fraction of sp³-hybridized carbons (Fsp3) is 0.0667. The first kappa shape index (κ1) is 17.6. The first-order chi connectivity index (χ1) is 11.3. The summed E-state index contributed by atoms with van der Waals surface area (Å²) < 4.78 is 40.0. The monoisotopic (exact) mass is 352 g/mol. The van der Waals surface area contributed by atoms with E-state index in [1.165, 1.54) is 42.5 Å². The molecule has 0 aliphatic carbocycles. The Morgan fingerprint density at radius 2 is 1.79 bits per heavy atom. The lowest BCUT2D eigenvalue weighted by Crippen LogP contribution is -2.21. The summed E-state index contributed by atoms with van der Waals surface area (Å²) in [7, 11) is -3.82. The normalized spacial score (nSPS) is 10.9. The average molecular weight is 352 g/mol. The number of rotatable bonds is 5. The molecule has 0 heterocycles. The third kappa shape index (κ3) is 4.86. The number of primary sulfonamides is 1. The van der Waals surface area contributed by atoms with Crippen LogP contribution in [0.15, 0.2) is 53.4 Å². The molecule has 0 aliphatic heterocycles. The van der Waals surface area contributed by atoms with Gasteiger partial charge in [0.2, 0.25) is 10.0 Å². The minimum Gasteiger partial charge on any atom is -0.452 e. The lowest BCUT2D eigenvalue weighted by molar-refractivity contribution is -0.119. The van der Waals surface area contributed by atoms with Crippen LogP contribution in [0.3, 0.4) is 0 Å². The summed E-state index contributed by atoms with van der Waals surface area (Å²) in [6, 6.07) is 10.0. The zero-order valence-corrected chi connectivity index (χ0v) is 13.0. The van der Waals surface area contributed by atoms with E-state index >= 15 is 0 Å². The quantitative estimate of drug-likeness (QED) is 0.786. The van der Waals surface area contributed by atoms with Crippen molar-refractivity contribution < 1.29 is 27.1 Å².